The number of carbonyl (C=O) groups excluding carboxylic acids is 1. The molecule has 0 aliphatic rings. The summed E-state index contributed by atoms with van der Waals surface area (Å²) in [4.78, 5) is 17.5. The molecule has 0 fully saturated rings. The van der Waals surface area contributed by atoms with Crippen molar-refractivity contribution >= 4 is 5.91 Å². The van der Waals surface area contributed by atoms with E-state index in [1.54, 1.807) is 17.3 Å². The van der Waals surface area contributed by atoms with Gasteiger partial charge >= 0.3 is 0 Å². The third-order valence-corrected chi connectivity index (χ3v) is 2.89. The fourth-order valence-electron chi connectivity index (χ4n) is 1.60. The topological polar surface area (TPSA) is 45.2 Å². The van der Waals surface area contributed by atoms with Gasteiger partial charge in [0.2, 0.25) is 5.91 Å². The van der Waals surface area contributed by atoms with Gasteiger partial charge in [0.15, 0.2) is 0 Å². The third kappa shape index (κ3) is 5.77. The largest absolute Gasteiger partial charge is 0.344 e. The van der Waals surface area contributed by atoms with Crippen molar-refractivity contribution in [2.45, 2.75) is 26.2 Å². The molecule has 0 saturated heterocycles. The van der Waals surface area contributed by atoms with Gasteiger partial charge in [-0.1, -0.05) is 13.3 Å². The summed E-state index contributed by atoms with van der Waals surface area (Å²) < 4.78 is 0. The Hall–Kier alpha value is -1.42. The summed E-state index contributed by atoms with van der Waals surface area (Å²) in [7, 11) is 1.85. The molecule has 4 nitrogen and oxygen atoms in total. The Bertz CT molecular complexity index is 340. The molecular weight excluding hydrogens is 226 g/mol. The Balaban J connectivity index is 2.19. The lowest BCUT2D eigenvalue weighted by molar-refractivity contribution is -0.128. The lowest BCUT2D eigenvalue weighted by Crippen LogP contribution is -2.36. The predicted octanol–water partition coefficient (Wildman–Crippen LogP) is 1.47. The predicted molar refractivity (Wildman–Crippen MR) is 73.4 cm³/mol. The van der Waals surface area contributed by atoms with Crippen molar-refractivity contribution in [3.8, 4) is 0 Å². The Morgan fingerprint density at radius 3 is 2.78 bits per heavy atom. The van der Waals surface area contributed by atoms with E-state index in [9.17, 15) is 4.79 Å². The minimum atomic E-state index is 0.153. The minimum absolute atomic E-state index is 0.153. The van der Waals surface area contributed by atoms with E-state index in [-0.39, 0.29) is 5.91 Å². The van der Waals surface area contributed by atoms with Crippen molar-refractivity contribution in [2.75, 3.05) is 26.7 Å². The van der Waals surface area contributed by atoms with Gasteiger partial charge in [-0.25, -0.2) is 0 Å². The van der Waals surface area contributed by atoms with Crippen LogP contribution in [0.25, 0.3) is 0 Å². The molecule has 0 bridgehead atoms. The zero-order valence-corrected chi connectivity index (χ0v) is 11.4. The maximum atomic E-state index is 11.8. The molecule has 4 heteroatoms. The van der Waals surface area contributed by atoms with Gasteiger partial charge in [-0.15, -0.1) is 0 Å². The molecule has 100 valence electrons. The molecule has 0 aromatic carbocycles. The molecule has 1 aromatic heterocycles. The van der Waals surface area contributed by atoms with Crippen LogP contribution in [0.4, 0.5) is 0 Å². The third-order valence-electron chi connectivity index (χ3n) is 2.89. The highest BCUT2D eigenvalue weighted by Crippen LogP contribution is 1.98. The molecule has 0 unspecified atom stereocenters. The molecule has 0 aliphatic heterocycles. The van der Waals surface area contributed by atoms with E-state index < -0.39 is 0 Å². The fourth-order valence-corrected chi connectivity index (χ4v) is 1.60. The zero-order valence-electron chi connectivity index (χ0n) is 11.4. The number of carbonyl (C=O) groups is 1. The summed E-state index contributed by atoms with van der Waals surface area (Å²) >= 11 is 0. The van der Waals surface area contributed by atoms with Crippen LogP contribution in [0.15, 0.2) is 24.5 Å². The zero-order chi connectivity index (χ0) is 13.2. The van der Waals surface area contributed by atoms with Gasteiger partial charge in [0.1, 0.15) is 0 Å². The molecular formula is C14H23N3O. The molecule has 0 radical (unpaired) electrons. The van der Waals surface area contributed by atoms with Gasteiger partial charge in [-0.05, 0) is 37.1 Å². The maximum absolute atomic E-state index is 11.8. The number of rotatable bonds is 8. The Kier molecular flexibility index (Phi) is 7.03. The van der Waals surface area contributed by atoms with Crippen LogP contribution in [0.1, 0.15) is 25.3 Å². The average molecular weight is 249 g/mol. The summed E-state index contributed by atoms with van der Waals surface area (Å²) in [6, 6.07) is 3.97. The van der Waals surface area contributed by atoms with Crippen molar-refractivity contribution in [1.82, 2.24) is 15.2 Å². The molecule has 0 atom stereocenters. The van der Waals surface area contributed by atoms with Crippen LogP contribution in [0.3, 0.4) is 0 Å². The summed E-state index contributed by atoms with van der Waals surface area (Å²) in [5.41, 5.74) is 1.21. The van der Waals surface area contributed by atoms with Crippen LogP contribution < -0.4 is 5.32 Å². The van der Waals surface area contributed by atoms with Crippen LogP contribution in [0.5, 0.6) is 0 Å². The summed E-state index contributed by atoms with van der Waals surface area (Å²) in [5.74, 6) is 0.153. The van der Waals surface area contributed by atoms with Crippen LogP contribution >= 0.6 is 0 Å². The summed E-state index contributed by atoms with van der Waals surface area (Å²) in [5, 5.41) is 3.16. The van der Waals surface area contributed by atoms with E-state index >= 15 is 0 Å². The number of nitrogens with zero attached hydrogens (tertiary/aromatic N) is 2. The molecule has 0 saturated carbocycles. The lowest BCUT2D eigenvalue weighted by atomic mass is 10.2. The highest BCUT2D eigenvalue weighted by Gasteiger charge is 2.07. The van der Waals surface area contributed by atoms with E-state index in [4.69, 9.17) is 0 Å². The van der Waals surface area contributed by atoms with Crippen LogP contribution in [-0.4, -0.2) is 42.5 Å². The van der Waals surface area contributed by atoms with Crippen LogP contribution in [0, 0.1) is 0 Å². The normalized spacial score (nSPS) is 10.3. The number of unbranched alkanes of at least 4 members (excludes halogenated alkanes) is 1. The average Bonchev–Trinajstić information content (AvgIpc) is 2.42. The number of pyridine rings is 1. The molecule has 1 aromatic rings. The maximum Gasteiger partial charge on any atom is 0.236 e. The van der Waals surface area contributed by atoms with Gasteiger partial charge in [0, 0.05) is 26.0 Å². The first kappa shape index (κ1) is 14.6. The first-order valence-electron chi connectivity index (χ1n) is 6.57. The monoisotopic (exact) mass is 249 g/mol. The highest BCUT2D eigenvalue weighted by atomic mass is 16.2. The molecule has 0 spiro atoms. The number of nitrogens with one attached hydrogen (secondary N) is 1. The minimum Gasteiger partial charge on any atom is -0.344 e. The van der Waals surface area contributed by atoms with Crippen LogP contribution in [0.2, 0.25) is 0 Å². The summed E-state index contributed by atoms with van der Waals surface area (Å²) in [6.45, 7) is 4.25. The highest BCUT2D eigenvalue weighted by molar-refractivity contribution is 5.77. The number of hydrogen-bond acceptors (Lipinski definition) is 3. The molecule has 1 heterocycles. The molecule has 0 aliphatic carbocycles. The van der Waals surface area contributed by atoms with Crippen LogP contribution in [-0.2, 0) is 11.2 Å². The number of hydrogen-bond donors (Lipinski definition) is 1. The van der Waals surface area contributed by atoms with Crippen molar-refractivity contribution in [3.05, 3.63) is 30.1 Å². The van der Waals surface area contributed by atoms with Gasteiger partial charge in [0.05, 0.1) is 6.54 Å². The SMILES string of the molecule is CCCCNCC(=O)N(C)CCc1ccncc1. The first-order chi connectivity index (χ1) is 8.74. The van der Waals surface area contributed by atoms with Crippen molar-refractivity contribution in [3.63, 3.8) is 0 Å². The van der Waals surface area contributed by atoms with E-state index in [0.29, 0.717) is 6.54 Å². The first-order valence-corrected chi connectivity index (χ1v) is 6.57. The second-order valence-electron chi connectivity index (χ2n) is 4.45. The van der Waals surface area contributed by atoms with E-state index in [2.05, 4.69) is 17.2 Å². The Labute approximate surface area is 109 Å². The van der Waals surface area contributed by atoms with E-state index in [1.165, 1.54) is 5.56 Å². The second-order valence-corrected chi connectivity index (χ2v) is 4.45. The van der Waals surface area contributed by atoms with Crippen molar-refractivity contribution in [1.29, 1.82) is 0 Å². The van der Waals surface area contributed by atoms with E-state index in [0.717, 1.165) is 32.4 Å². The van der Waals surface area contributed by atoms with Gasteiger partial charge in [0.25, 0.3) is 0 Å². The number of amides is 1. The van der Waals surface area contributed by atoms with Crippen molar-refractivity contribution < 1.29 is 4.79 Å². The Morgan fingerprint density at radius 2 is 2.11 bits per heavy atom. The molecule has 1 N–H and O–H groups in total. The number of likely N-dealkylation sites (N-methyl/N-ethyl adjacent to an activating group) is 1. The summed E-state index contributed by atoms with van der Waals surface area (Å²) in [6.07, 6.45) is 6.71. The lowest BCUT2D eigenvalue weighted by Gasteiger charge is -2.17. The Morgan fingerprint density at radius 1 is 1.39 bits per heavy atom. The molecule has 18 heavy (non-hydrogen) atoms. The quantitative estimate of drug-likeness (QED) is 0.710. The second kappa shape index (κ2) is 8.64. The molecule has 1 amide bonds. The number of aromatic nitrogens is 1. The van der Waals surface area contributed by atoms with Gasteiger partial charge in [-0.2, -0.15) is 0 Å². The van der Waals surface area contributed by atoms with E-state index in [1.807, 2.05) is 19.2 Å². The smallest absolute Gasteiger partial charge is 0.236 e. The van der Waals surface area contributed by atoms with Crippen molar-refractivity contribution in [2.24, 2.45) is 0 Å². The van der Waals surface area contributed by atoms with Gasteiger partial charge < -0.3 is 10.2 Å². The fraction of sp³-hybridized carbons (Fsp3) is 0.571. The standard InChI is InChI=1S/C14H23N3O/c1-3-4-8-16-12-14(18)17(2)11-7-13-5-9-15-10-6-13/h5-6,9-10,16H,3-4,7-8,11-12H2,1-2H3. The van der Waals surface area contributed by atoms with Gasteiger partial charge in [-0.3, -0.25) is 9.78 Å². The molecule has 1 rings (SSSR count).